The molecule has 4 aromatic rings. The van der Waals surface area contributed by atoms with E-state index in [9.17, 15) is 41.7 Å². The van der Waals surface area contributed by atoms with E-state index in [1.807, 2.05) is 0 Å². The Morgan fingerprint density at radius 3 is 2.21 bits per heavy atom. The number of aryl methyl sites for hydroxylation is 1. The number of carbonyl (C=O) groups is 2. The molecule has 1 saturated carbocycles. The number of amides is 1. The van der Waals surface area contributed by atoms with E-state index in [1.54, 1.807) is 0 Å². The predicted molar refractivity (Wildman–Crippen MR) is 167 cm³/mol. The van der Waals surface area contributed by atoms with Crippen LogP contribution in [-0.4, -0.2) is 20.9 Å². The molecular weight excluding hydrogens is 709 g/mol. The topological polar surface area (TPSA) is 89.3 Å². The molecule has 4 aromatic carbocycles. The largest absolute Gasteiger partial charge is 0.419 e. The van der Waals surface area contributed by atoms with Crippen LogP contribution in [0, 0.1) is 33.5 Å². The lowest BCUT2D eigenvalue weighted by Crippen LogP contribution is -2.17. The summed E-state index contributed by atoms with van der Waals surface area (Å²) in [6.07, 6.45) is -5.46. The summed E-state index contributed by atoms with van der Waals surface area (Å²) in [4.78, 5) is 36.6. The van der Waals surface area contributed by atoms with Crippen LogP contribution < -0.4 is 5.32 Å². The highest BCUT2D eigenvalue weighted by Crippen LogP contribution is 2.65. The number of nitro benzene ring substituents is 1. The molecule has 1 aliphatic rings. The van der Waals surface area contributed by atoms with Crippen LogP contribution in [0.4, 0.5) is 37.7 Å². The van der Waals surface area contributed by atoms with Crippen LogP contribution in [0.25, 0.3) is 0 Å². The van der Waals surface area contributed by atoms with Crippen molar-refractivity contribution < 1.29 is 40.9 Å². The van der Waals surface area contributed by atoms with Crippen LogP contribution in [0.5, 0.6) is 0 Å². The number of alkyl halides is 5. The van der Waals surface area contributed by atoms with Crippen LogP contribution in [-0.2, 0) is 30.2 Å². The summed E-state index contributed by atoms with van der Waals surface area (Å²) in [5.74, 6) is -7.10. The van der Waals surface area contributed by atoms with Crippen molar-refractivity contribution in [2.75, 3.05) is 5.32 Å². The highest BCUT2D eigenvalue weighted by molar-refractivity contribution is 6.53. The highest BCUT2D eigenvalue weighted by Gasteiger charge is 2.67. The maximum Gasteiger partial charge on any atom is 0.419 e. The van der Waals surface area contributed by atoms with Crippen LogP contribution in [0.3, 0.4) is 0 Å². The van der Waals surface area contributed by atoms with Gasteiger partial charge in [-0.3, -0.25) is 19.7 Å². The second-order valence-electron chi connectivity index (χ2n) is 11.1. The molecule has 0 aromatic heterocycles. The van der Waals surface area contributed by atoms with E-state index >= 15 is 4.39 Å². The summed E-state index contributed by atoms with van der Waals surface area (Å²) in [6, 6.07) is 13.7. The van der Waals surface area contributed by atoms with Gasteiger partial charge < -0.3 is 5.32 Å². The molecule has 0 bridgehead atoms. The van der Waals surface area contributed by atoms with Crippen LogP contribution in [0.1, 0.15) is 44.1 Å². The third-order valence-corrected chi connectivity index (χ3v) is 9.22. The Bertz CT molecular complexity index is 1940. The Morgan fingerprint density at radius 1 is 0.896 bits per heavy atom. The number of Topliss-reactive ketones (excluding diaryl/α,β-unsaturated/α-hetero) is 1. The first-order valence-corrected chi connectivity index (χ1v) is 15.2. The number of benzene rings is 4. The first-order valence-electron chi connectivity index (χ1n) is 14.1. The normalized spacial score (nSPS) is 16.8. The third-order valence-electron chi connectivity index (χ3n) is 7.95. The average molecular weight is 730 g/mol. The summed E-state index contributed by atoms with van der Waals surface area (Å²) in [5, 5.41) is 13.3. The molecule has 0 spiro atoms. The van der Waals surface area contributed by atoms with Gasteiger partial charge in [0, 0.05) is 41.3 Å². The fraction of sp³-hybridized carbons (Fsp3) is 0.212. The molecule has 0 saturated heterocycles. The van der Waals surface area contributed by atoms with E-state index < -0.39 is 68.4 Å². The molecule has 0 aliphatic heterocycles. The number of hydrogen-bond acceptors (Lipinski definition) is 4. The number of nitrogens with zero attached hydrogens (tertiary/aromatic N) is 1. The Balaban J connectivity index is 1.29. The minimum Gasteiger partial charge on any atom is -0.326 e. The Kier molecular flexibility index (Phi) is 9.83. The molecule has 0 unspecified atom stereocenters. The molecule has 1 N–H and O–H groups in total. The second-order valence-corrected chi connectivity index (χ2v) is 12.9. The number of carbonyl (C=O) groups excluding carboxylic acids is 2. The molecule has 15 heteroatoms. The first kappa shape index (κ1) is 35.2. The Labute approximate surface area is 283 Å². The van der Waals surface area contributed by atoms with Crippen molar-refractivity contribution in [1.29, 1.82) is 0 Å². The maximum atomic E-state index is 15.4. The quantitative estimate of drug-likeness (QED) is 0.0579. The van der Waals surface area contributed by atoms with Crippen molar-refractivity contribution in [2.24, 2.45) is 5.92 Å². The van der Waals surface area contributed by atoms with Gasteiger partial charge in [0.05, 0.1) is 21.4 Å². The SMILES string of the molecule is O=C(Cc1ccc(F)c(CCc2ccc([N+](=O)[O-])cc2)c1F)c1cc(NC(=O)[C@H]2[C@H](c3ccc(F)c(C(F)(F)F)c3)C2(Cl)Cl)ccc1Cl. The number of non-ortho nitro benzene ring substituents is 1. The lowest BCUT2D eigenvalue weighted by molar-refractivity contribution is -0.384. The van der Waals surface area contributed by atoms with E-state index in [-0.39, 0.29) is 51.5 Å². The van der Waals surface area contributed by atoms with Gasteiger partial charge in [0.25, 0.3) is 5.69 Å². The summed E-state index contributed by atoms with van der Waals surface area (Å²) in [6.45, 7) is 0. The van der Waals surface area contributed by atoms with Gasteiger partial charge >= 0.3 is 6.18 Å². The van der Waals surface area contributed by atoms with Gasteiger partial charge in [0.2, 0.25) is 5.91 Å². The number of halogens is 9. The third kappa shape index (κ3) is 7.30. The molecule has 5 rings (SSSR count). The van der Waals surface area contributed by atoms with E-state index in [4.69, 9.17) is 34.8 Å². The fourth-order valence-electron chi connectivity index (χ4n) is 5.39. The lowest BCUT2D eigenvalue weighted by Gasteiger charge is -2.12. The van der Waals surface area contributed by atoms with E-state index in [0.29, 0.717) is 17.7 Å². The number of nitro groups is 1. The lowest BCUT2D eigenvalue weighted by atomic mass is 9.97. The number of rotatable bonds is 10. The molecule has 48 heavy (non-hydrogen) atoms. The van der Waals surface area contributed by atoms with Crippen LogP contribution in [0.15, 0.2) is 72.8 Å². The van der Waals surface area contributed by atoms with E-state index in [0.717, 1.165) is 18.2 Å². The Hall–Kier alpha value is -4.13. The fourth-order valence-corrected chi connectivity index (χ4v) is 6.44. The average Bonchev–Trinajstić information content (AvgIpc) is 3.60. The highest BCUT2D eigenvalue weighted by atomic mass is 35.5. The van der Waals surface area contributed by atoms with Crippen molar-refractivity contribution in [3.8, 4) is 0 Å². The molecule has 0 radical (unpaired) electrons. The van der Waals surface area contributed by atoms with Crippen molar-refractivity contribution in [1.82, 2.24) is 0 Å². The monoisotopic (exact) mass is 728 g/mol. The zero-order valence-electron chi connectivity index (χ0n) is 24.2. The van der Waals surface area contributed by atoms with Gasteiger partial charge in [-0.2, -0.15) is 13.2 Å². The molecule has 0 heterocycles. The van der Waals surface area contributed by atoms with Crippen molar-refractivity contribution in [3.05, 3.63) is 139 Å². The van der Waals surface area contributed by atoms with Gasteiger partial charge in [-0.1, -0.05) is 35.9 Å². The van der Waals surface area contributed by atoms with E-state index in [1.165, 1.54) is 42.5 Å². The van der Waals surface area contributed by atoms with Gasteiger partial charge in [0.15, 0.2) is 5.78 Å². The van der Waals surface area contributed by atoms with Crippen molar-refractivity contribution >= 4 is 57.9 Å². The van der Waals surface area contributed by atoms with Crippen molar-refractivity contribution in [3.63, 3.8) is 0 Å². The minimum atomic E-state index is -4.99. The smallest absolute Gasteiger partial charge is 0.326 e. The number of nitrogens with one attached hydrogen (secondary N) is 1. The number of ketones is 1. The Morgan fingerprint density at radius 2 is 1.56 bits per heavy atom. The molecule has 1 fully saturated rings. The maximum absolute atomic E-state index is 15.4. The zero-order chi connectivity index (χ0) is 35.1. The molecule has 1 amide bonds. The summed E-state index contributed by atoms with van der Waals surface area (Å²) < 4.78 is 81.7. The number of hydrogen-bond donors (Lipinski definition) is 1. The first-order chi connectivity index (χ1) is 22.5. The second kappa shape index (κ2) is 13.4. The molecule has 250 valence electrons. The number of anilines is 1. The van der Waals surface area contributed by atoms with Crippen LogP contribution in [0.2, 0.25) is 5.02 Å². The van der Waals surface area contributed by atoms with Gasteiger partial charge in [-0.25, -0.2) is 13.2 Å². The molecule has 2 atom stereocenters. The minimum absolute atomic E-state index is 0.0426. The molecule has 1 aliphatic carbocycles. The summed E-state index contributed by atoms with van der Waals surface area (Å²) in [7, 11) is 0. The zero-order valence-corrected chi connectivity index (χ0v) is 26.5. The van der Waals surface area contributed by atoms with Gasteiger partial charge in [-0.15, -0.1) is 23.2 Å². The van der Waals surface area contributed by atoms with Crippen molar-refractivity contribution in [2.45, 2.75) is 35.7 Å². The van der Waals surface area contributed by atoms with Gasteiger partial charge in [-0.05, 0) is 65.9 Å². The van der Waals surface area contributed by atoms with E-state index in [2.05, 4.69) is 5.32 Å². The van der Waals surface area contributed by atoms with Crippen LogP contribution >= 0.6 is 34.8 Å². The summed E-state index contributed by atoms with van der Waals surface area (Å²) in [5.41, 5.74) is -1.64. The van der Waals surface area contributed by atoms with Gasteiger partial charge in [0.1, 0.15) is 21.8 Å². The molecular formula is C33H21Cl3F6N2O4. The molecule has 6 nitrogen and oxygen atoms in total. The standard InChI is InChI=1S/C33H21Cl3F6N2O4/c34-24-10-6-19(43-31(46)29-28(32(29,35)36)17-4-12-26(38)23(13-17)33(40,41)42)15-22(24)27(45)14-18-5-11-25(37)21(30(18)39)9-3-16-1-7-20(8-2-16)44(47)48/h1-2,4-8,10-13,15,28-29H,3,9,14H2,(H,43,46)/t28-,29+/m0/s1. The summed E-state index contributed by atoms with van der Waals surface area (Å²) >= 11 is 18.7. The predicted octanol–water partition coefficient (Wildman–Crippen LogP) is 9.42.